The van der Waals surface area contributed by atoms with E-state index < -0.39 is 35.8 Å². The van der Waals surface area contributed by atoms with Crippen molar-refractivity contribution in [2.45, 2.75) is 44.9 Å². The molecule has 9 nitrogen and oxygen atoms in total. The third-order valence-corrected chi connectivity index (χ3v) is 3.02. The molecule has 132 valence electrons. The first-order valence-corrected chi connectivity index (χ1v) is 7.65. The first-order valence-electron chi connectivity index (χ1n) is 7.02. The minimum absolute atomic E-state index is 0.00537. The van der Waals surface area contributed by atoms with Crippen molar-refractivity contribution in [2.24, 2.45) is 5.73 Å². The number of aliphatic carboxylic acids is 1. The Labute approximate surface area is 139 Å². The van der Waals surface area contributed by atoms with Crippen molar-refractivity contribution in [3.05, 3.63) is 0 Å². The summed E-state index contributed by atoms with van der Waals surface area (Å²) in [5.74, 6) is -3.04. The predicted octanol–water partition coefficient (Wildman–Crippen LogP) is -1.34. The third kappa shape index (κ3) is 9.74. The lowest BCUT2D eigenvalue weighted by Gasteiger charge is -2.21. The van der Waals surface area contributed by atoms with Gasteiger partial charge in [0.25, 0.3) is 0 Å². The van der Waals surface area contributed by atoms with Crippen molar-refractivity contribution < 1.29 is 29.0 Å². The zero-order valence-corrected chi connectivity index (χ0v) is 14.0. The Kier molecular flexibility index (Phi) is 9.99. The van der Waals surface area contributed by atoms with Crippen LogP contribution in [0.1, 0.15) is 26.7 Å². The van der Waals surface area contributed by atoms with E-state index >= 15 is 0 Å². The Morgan fingerprint density at radius 1 is 1.22 bits per heavy atom. The minimum atomic E-state index is -1.22. The van der Waals surface area contributed by atoms with Crippen LogP contribution in [0.2, 0.25) is 0 Å². The summed E-state index contributed by atoms with van der Waals surface area (Å²) in [5.41, 5.74) is 4.98. The van der Waals surface area contributed by atoms with Gasteiger partial charge in [-0.05, 0) is 20.3 Å². The maximum absolute atomic E-state index is 11.9. The van der Waals surface area contributed by atoms with Gasteiger partial charge in [0.15, 0.2) is 0 Å². The van der Waals surface area contributed by atoms with Gasteiger partial charge in [-0.1, -0.05) is 0 Å². The number of carboxylic acids is 1. The molecule has 0 bridgehead atoms. The normalized spacial score (nSPS) is 13.2. The molecule has 0 aliphatic rings. The van der Waals surface area contributed by atoms with Gasteiger partial charge in [0.1, 0.15) is 12.6 Å². The van der Waals surface area contributed by atoms with Crippen molar-refractivity contribution in [2.75, 3.05) is 12.3 Å². The van der Waals surface area contributed by atoms with Crippen LogP contribution in [0.15, 0.2) is 0 Å². The van der Waals surface area contributed by atoms with Gasteiger partial charge < -0.3 is 20.9 Å². The van der Waals surface area contributed by atoms with Crippen LogP contribution in [0, 0.1) is 0 Å². The topological polar surface area (TPSA) is 148 Å². The maximum atomic E-state index is 11.9. The van der Waals surface area contributed by atoms with Crippen LogP contribution in [-0.4, -0.2) is 59.3 Å². The van der Waals surface area contributed by atoms with Crippen molar-refractivity contribution in [3.8, 4) is 0 Å². The molecule has 0 fully saturated rings. The summed E-state index contributed by atoms with van der Waals surface area (Å²) >= 11 is 3.98. The monoisotopic (exact) mass is 349 g/mol. The lowest BCUT2D eigenvalue weighted by Crippen LogP contribution is -2.52. The fourth-order valence-corrected chi connectivity index (χ4v) is 1.88. The quantitative estimate of drug-likeness (QED) is 0.229. The van der Waals surface area contributed by atoms with Crippen LogP contribution in [-0.2, 0) is 23.9 Å². The molecule has 0 saturated carbocycles. The second-order valence-electron chi connectivity index (χ2n) is 5.05. The molecule has 0 radical (unpaired) electrons. The molecule has 0 spiro atoms. The van der Waals surface area contributed by atoms with Gasteiger partial charge in [0, 0.05) is 12.2 Å². The molecule has 2 atom stereocenters. The summed E-state index contributed by atoms with van der Waals surface area (Å²) in [4.78, 5) is 45.2. The molecule has 1 unspecified atom stereocenters. The number of ether oxygens (including phenoxy) is 1. The number of hydrogen-bond donors (Lipinski definition) is 5. The molecule has 0 saturated heterocycles. The minimum Gasteiger partial charge on any atom is -0.480 e. The number of nitrogens with one attached hydrogen (secondary N) is 2. The summed E-state index contributed by atoms with van der Waals surface area (Å²) in [6.07, 6.45) is -0.494. The zero-order chi connectivity index (χ0) is 18.0. The zero-order valence-electron chi connectivity index (χ0n) is 13.1. The standard InChI is InChI=1S/C13H23N3O6S/c1-7(2)22-11(18)5-15-12(19)9(6-23)16-8(13(20)21)3-4-10(14)17/h7-9,16,23H,3-6H2,1-2H3,(H2,14,17)(H,15,19)(H,20,21)/t8-,9?/m0/s1. The van der Waals surface area contributed by atoms with Gasteiger partial charge >= 0.3 is 11.9 Å². The summed E-state index contributed by atoms with van der Waals surface area (Å²) in [6.45, 7) is 3.02. The van der Waals surface area contributed by atoms with Gasteiger partial charge in [-0.3, -0.25) is 24.5 Å². The molecule has 2 amide bonds. The van der Waals surface area contributed by atoms with E-state index in [9.17, 15) is 19.2 Å². The molecule has 10 heteroatoms. The Balaban J connectivity index is 4.53. The highest BCUT2D eigenvalue weighted by molar-refractivity contribution is 7.80. The van der Waals surface area contributed by atoms with Gasteiger partial charge in [-0.25, -0.2) is 0 Å². The van der Waals surface area contributed by atoms with Gasteiger partial charge in [-0.15, -0.1) is 0 Å². The van der Waals surface area contributed by atoms with E-state index in [0.717, 1.165) is 0 Å². The highest BCUT2D eigenvalue weighted by atomic mass is 32.1. The molecule has 5 N–H and O–H groups in total. The smallest absolute Gasteiger partial charge is 0.325 e. The number of amides is 2. The second kappa shape index (κ2) is 10.8. The highest BCUT2D eigenvalue weighted by Crippen LogP contribution is 2.01. The molecule has 0 rings (SSSR count). The lowest BCUT2D eigenvalue weighted by atomic mass is 10.1. The summed E-state index contributed by atoms with van der Waals surface area (Å²) < 4.78 is 4.86. The van der Waals surface area contributed by atoms with Gasteiger partial charge in [0.2, 0.25) is 11.8 Å². The average Bonchev–Trinajstić information content (AvgIpc) is 2.43. The molecule has 0 heterocycles. The fourth-order valence-electron chi connectivity index (χ4n) is 1.61. The molecule has 0 aliphatic heterocycles. The first kappa shape index (κ1) is 21.2. The van der Waals surface area contributed by atoms with Gasteiger partial charge in [-0.2, -0.15) is 12.6 Å². The van der Waals surface area contributed by atoms with Crippen LogP contribution >= 0.6 is 12.6 Å². The number of primary amides is 1. The number of carboxylic acid groups (broad SMARTS) is 1. The van der Waals surface area contributed by atoms with E-state index in [4.69, 9.17) is 15.6 Å². The van der Waals surface area contributed by atoms with Crippen molar-refractivity contribution in [3.63, 3.8) is 0 Å². The van der Waals surface area contributed by atoms with Crippen LogP contribution in [0.3, 0.4) is 0 Å². The first-order chi connectivity index (χ1) is 10.7. The number of carbonyl (C=O) groups is 4. The Bertz CT molecular complexity index is 443. The van der Waals surface area contributed by atoms with E-state index in [1.54, 1.807) is 13.8 Å². The lowest BCUT2D eigenvalue weighted by molar-refractivity contribution is -0.148. The molecular weight excluding hydrogens is 326 g/mol. The number of carbonyl (C=O) groups excluding carboxylic acids is 3. The van der Waals surface area contributed by atoms with Crippen LogP contribution < -0.4 is 16.4 Å². The van der Waals surface area contributed by atoms with E-state index in [1.807, 2.05) is 0 Å². The Morgan fingerprint density at radius 3 is 2.26 bits per heavy atom. The second-order valence-corrected chi connectivity index (χ2v) is 5.42. The summed E-state index contributed by atoms with van der Waals surface area (Å²) in [5, 5.41) is 14.0. The van der Waals surface area contributed by atoms with Gasteiger partial charge in [0.05, 0.1) is 12.1 Å². The SMILES string of the molecule is CC(C)OC(=O)CNC(=O)C(CS)N[C@@H](CCC(N)=O)C(=O)O. The van der Waals surface area contributed by atoms with Crippen LogP contribution in [0.5, 0.6) is 0 Å². The van der Waals surface area contributed by atoms with E-state index in [2.05, 4.69) is 23.3 Å². The molecule has 0 aromatic heterocycles. The maximum Gasteiger partial charge on any atom is 0.325 e. The molecule has 23 heavy (non-hydrogen) atoms. The van der Waals surface area contributed by atoms with E-state index in [0.29, 0.717) is 0 Å². The largest absolute Gasteiger partial charge is 0.480 e. The molecule has 0 aromatic rings. The fraction of sp³-hybridized carbons (Fsp3) is 0.692. The molecular formula is C13H23N3O6S. The van der Waals surface area contributed by atoms with Crippen LogP contribution in [0.25, 0.3) is 0 Å². The number of nitrogens with two attached hydrogens (primary N) is 1. The third-order valence-electron chi connectivity index (χ3n) is 2.65. The highest BCUT2D eigenvalue weighted by Gasteiger charge is 2.26. The van der Waals surface area contributed by atoms with E-state index in [1.165, 1.54) is 0 Å². The molecule has 0 aromatic carbocycles. The molecule has 0 aliphatic carbocycles. The Morgan fingerprint density at radius 2 is 1.83 bits per heavy atom. The Hall–Kier alpha value is -1.81. The summed E-state index contributed by atoms with van der Waals surface area (Å²) in [6, 6.07) is -2.08. The summed E-state index contributed by atoms with van der Waals surface area (Å²) in [7, 11) is 0. The average molecular weight is 349 g/mol. The number of thiol groups is 1. The number of esters is 1. The van der Waals surface area contributed by atoms with Crippen LogP contribution in [0.4, 0.5) is 0 Å². The predicted molar refractivity (Wildman–Crippen MR) is 84.9 cm³/mol. The van der Waals surface area contributed by atoms with Crippen molar-refractivity contribution in [1.82, 2.24) is 10.6 Å². The number of hydrogen-bond acceptors (Lipinski definition) is 7. The van der Waals surface area contributed by atoms with Crippen molar-refractivity contribution >= 4 is 36.4 Å². The van der Waals surface area contributed by atoms with Crippen molar-refractivity contribution in [1.29, 1.82) is 0 Å². The van der Waals surface area contributed by atoms with E-state index in [-0.39, 0.29) is 31.2 Å². The number of rotatable bonds is 11.